The molecule has 2 aromatic carbocycles. The van der Waals surface area contributed by atoms with Crippen molar-refractivity contribution in [2.24, 2.45) is 0 Å². The number of tetrazole rings is 1. The smallest absolute Gasteiger partial charge is 0.253 e. The molecular formula is C21H24N6O2. The first-order valence-corrected chi connectivity index (χ1v) is 9.74. The summed E-state index contributed by atoms with van der Waals surface area (Å²) >= 11 is 0. The number of nitrogens with zero attached hydrogens (tertiary/aromatic N) is 6. The van der Waals surface area contributed by atoms with Gasteiger partial charge in [0, 0.05) is 49.5 Å². The Balaban J connectivity index is 1.44. The highest BCUT2D eigenvalue weighted by Gasteiger charge is 2.23. The molecule has 150 valence electrons. The summed E-state index contributed by atoms with van der Waals surface area (Å²) in [5, 5.41) is 11.8. The zero-order chi connectivity index (χ0) is 20.2. The minimum absolute atomic E-state index is 0.0387. The summed E-state index contributed by atoms with van der Waals surface area (Å²) in [4.78, 5) is 17.2. The zero-order valence-electron chi connectivity index (χ0n) is 16.7. The number of aryl methyl sites for hydroxylation is 1. The van der Waals surface area contributed by atoms with Crippen LogP contribution in [0.1, 0.15) is 17.3 Å². The monoisotopic (exact) mass is 392 g/mol. The van der Waals surface area contributed by atoms with Crippen LogP contribution in [0.2, 0.25) is 0 Å². The van der Waals surface area contributed by atoms with E-state index in [-0.39, 0.29) is 5.91 Å². The van der Waals surface area contributed by atoms with E-state index in [4.69, 9.17) is 4.74 Å². The first kappa shape index (κ1) is 18.9. The van der Waals surface area contributed by atoms with Gasteiger partial charge in [-0.05, 0) is 53.7 Å². The van der Waals surface area contributed by atoms with Gasteiger partial charge in [0.2, 0.25) is 0 Å². The van der Waals surface area contributed by atoms with Crippen LogP contribution in [0.5, 0.6) is 5.75 Å². The van der Waals surface area contributed by atoms with E-state index in [1.54, 1.807) is 11.8 Å². The van der Waals surface area contributed by atoms with Crippen molar-refractivity contribution in [2.75, 3.05) is 38.2 Å². The SMILES string of the molecule is CCn1nnnc1-c1cccc(C(=O)N2CCN(c3ccc(OC)cc3)CC2)c1. The Kier molecular flexibility index (Phi) is 5.41. The van der Waals surface area contributed by atoms with Crippen LogP contribution in [0.3, 0.4) is 0 Å². The molecular weight excluding hydrogens is 368 g/mol. The Morgan fingerprint density at radius 1 is 1.07 bits per heavy atom. The molecule has 8 nitrogen and oxygen atoms in total. The van der Waals surface area contributed by atoms with E-state index in [2.05, 4.69) is 32.6 Å². The molecule has 1 aliphatic rings. The summed E-state index contributed by atoms with van der Waals surface area (Å²) in [6.07, 6.45) is 0. The average molecular weight is 392 g/mol. The zero-order valence-corrected chi connectivity index (χ0v) is 16.7. The predicted octanol–water partition coefficient (Wildman–Crippen LogP) is 2.33. The lowest BCUT2D eigenvalue weighted by molar-refractivity contribution is 0.0747. The fourth-order valence-electron chi connectivity index (χ4n) is 3.56. The third-order valence-electron chi connectivity index (χ3n) is 5.20. The highest BCUT2D eigenvalue weighted by Crippen LogP contribution is 2.22. The predicted molar refractivity (Wildman–Crippen MR) is 110 cm³/mol. The molecule has 3 aromatic rings. The molecule has 29 heavy (non-hydrogen) atoms. The number of benzene rings is 2. The second-order valence-electron chi connectivity index (χ2n) is 6.88. The molecule has 0 unspecified atom stereocenters. The largest absolute Gasteiger partial charge is 0.497 e. The van der Waals surface area contributed by atoms with Gasteiger partial charge in [0.15, 0.2) is 5.82 Å². The average Bonchev–Trinajstić information content (AvgIpc) is 3.28. The van der Waals surface area contributed by atoms with Gasteiger partial charge in [-0.15, -0.1) is 5.10 Å². The van der Waals surface area contributed by atoms with Crippen molar-refractivity contribution >= 4 is 11.6 Å². The van der Waals surface area contributed by atoms with Gasteiger partial charge in [-0.1, -0.05) is 12.1 Å². The molecule has 0 atom stereocenters. The number of carbonyl (C=O) groups is 1. The first-order chi connectivity index (χ1) is 14.2. The van der Waals surface area contributed by atoms with Crippen LogP contribution in [0, 0.1) is 0 Å². The van der Waals surface area contributed by atoms with Crippen molar-refractivity contribution < 1.29 is 9.53 Å². The van der Waals surface area contributed by atoms with Gasteiger partial charge in [-0.2, -0.15) is 0 Å². The molecule has 2 heterocycles. The molecule has 0 saturated carbocycles. The molecule has 8 heteroatoms. The van der Waals surface area contributed by atoms with Gasteiger partial charge in [0.25, 0.3) is 5.91 Å². The number of piperazine rings is 1. The number of amides is 1. The van der Waals surface area contributed by atoms with E-state index in [1.165, 1.54) is 0 Å². The van der Waals surface area contributed by atoms with Crippen LogP contribution in [-0.2, 0) is 6.54 Å². The molecule has 4 rings (SSSR count). The van der Waals surface area contributed by atoms with Gasteiger partial charge < -0.3 is 14.5 Å². The third kappa shape index (κ3) is 3.91. The Morgan fingerprint density at radius 2 is 1.83 bits per heavy atom. The number of carbonyl (C=O) groups excluding carboxylic acids is 1. The molecule has 0 radical (unpaired) electrons. The standard InChI is InChI=1S/C21H24N6O2/c1-3-27-20(22-23-24-27)16-5-4-6-17(15-16)21(28)26-13-11-25(12-14-26)18-7-9-19(29-2)10-8-18/h4-10,15H,3,11-14H2,1-2H3. The van der Waals surface area contributed by atoms with Gasteiger partial charge in [-0.25, -0.2) is 4.68 Å². The number of aromatic nitrogens is 4. The van der Waals surface area contributed by atoms with Crippen LogP contribution < -0.4 is 9.64 Å². The van der Waals surface area contributed by atoms with E-state index < -0.39 is 0 Å². The van der Waals surface area contributed by atoms with Crippen LogP contribution in [-0.4, -0.2) is 64.3 Å². The molecule has 1 fully saturated rings. The molecule has 0 bridgehead atoms. The van der Waals surface area contributed by atoms with E-state index in [1.807, 2.05) is 48.2 Å². The van der Waals surface area contributed by atoms with Crippen molar-refractivity contribution in [2.45, 2.75) is 13.5 Å². The van der Waals surface area contributed by atoms with Crippen LogP contribution in [0.25, 0.3) is 11.4 Å². The second-order valence-corrected chi connectivity index (χ2v) is 6.88. The van der Waals surface area contributed by atoms with Gasteiger partial charge >= 0.3 is 0 Å². The van der Waals surface area contributed by atoms with Crippen molar-refractivity contribution in [1.82, 2.24) is 25.1 Å². The fraction of sp³-hybridized carbons (Fsp3) is 0.333. The fourth-order valence-corrected chi connectivity index (χ4v) is 3.56. The number of methoxy groups -OCH3 is 1. The summed E-state index contributed by atoms with van der Waals surface area (Å²) in [5.41, 5.74) is 2.65. The second kappa shape index (κ2) is 8.30. The molecule has 1 amide bonds. The summed E-state index contributed by atoms with van der Waals surface area (Å²) in [5.74, 6) is 1.56. The van der Waals surface area contributed by atoms with Crippen molar-refractivity contribution in [1.29, 1.82) is 0 Å². The summed E-state index contributed by atoms with van der Waals surface area (Å²) in [7, 11) is 1.66. The Hall–Kier alpha value is -3.42. The van der Waals surface area contributed by atoms with Crippen molar-refractivity contribution in [3.63, 3.8) is 0 Å². The summed E-state index contributed by atoms with van der Waals surface area (Å²) < 4.78 is 6.94. The lowest BCUT2D eigenvalue weighted by Gasteiger charge is -2.36. The first-order valence-electron chi connectivity index (χ1n) is 9.74. The van der Waals surface area contributed by atoms with E-state index >= 15 is 0 Å². The number of hydrogen-bond donors (Lipinski definition) is 0. The maximum absolute atomic E-state index is 13.0. The van der Waals surface area contributed by atoms with E-state index in [0.29, 0.717) is 31.0 Å². The van der Waals surface area contributed by atoms with Gasteiger partial charge in [0.05, 0.1) is 7.11 Å². The Morgan fingerprint density at radius 3 is 2.52 bits per heavy atom. The number of hydrogen-bond acceptors (Lipinski definition) is 6. The maximum Gasteiger partial charge on any atom is 0.253 e. The normalized spacial score (nSPS) is 14.1. The third-order valence-corrected chi connectivity index (χ3v) is 5.20. The van der Waals surface area contributed by atoms with E-state index in [0.717, 1.165) is 30.1 Å². The maximum atomic E-state index is 13.0. The minimum Gasteiger partial charge on any atom is -0.497 e. The molecule has 0 N–H and O–H groups in total. The molecule has 1 saturated heterocycles. The number of ether oxygens (including phenoxy) is 1. The van der Waals surface area contributed by atoms with E-state index in [9.17, 15) is 4.79 Å². The topological polar surface area (TPSA) is 76.4 Å². The lowest BCUT2D eigenvalue weighted by atomic mass is 10.1. The van der Waals surface area contributed by atoms with Crippen molar-refractivity contribution in [3.8, 4) is 17.1 Å². The number of rotatable bonds is 5. The van der Waals surface area contributed by atoms with Gasteiger partial charge in [0.1, 0.15) is 5.75 Å². The van der Waals surface area contributed by atoms with Crippen LogP contribution in [0.15, 0.2) is 48.5 Å². The molecule has 1 aromatic heterocycles. The van der Waals surface area contributed by atoms with Crippen LogP contribution >= 0.6 is 0 Å². The Bertz CT molecular complexity index is 977. The van der Waals surface area contributed by atoms with Crippen LogP contribution in [0.4, 0.5) is 5.69 Å². The van der Waals surface area contributed by atoms with Gasteiger partial charge in [-0.3, -0.25) is 4.79 Å². The summed E-state index contributed by atoms with van der Waals surface area (Å²) in [6, 6.07) is 15.6. The summed E-state index contributed by atoms with van der Waals surface area (Å²) in [6.45, 7) is 5.62. The molecule has 1 aliphatic heterocycles. The van der Waals surface area contributed by atoms with Crippen molar-refractivity contribution in [3.05, 3.63) is 54.1 Å². The Labute approximate surface area is 169 Å². The lowest BCUT2D eigenvalue weighted by Crippen LogP contribution is -2.48. The highest BCUT2D eigenvalue weighted by molar-refractivity contribution is 5.95. The quantitative estimate of drug-likeness (QED) is 0.663. The molecule has 0 spiro atoms. The molecule has 0 aliphatic carbocycles. The highest BCUT2D eigenvalue weighted by atomic mass is 16.5. The number of anilines is 1. The minimum atomic E-state index is 0.0387.